The molecule has 0 amide bonds. The summed E-state index contributed by atoms with van der Waals surface area (Å²) in [5, 5.41) is 13.8. The highest BCUT2D eigenvalue weighted by atomic mass is 16.6. The van der Waals surface area contributed by atoms with Gasteiger partial charge >= 0.3 is 5.97 Å². The molecule has 3 unspecified atom stereocenters. The SMILES string of the molecule is COC(=O)C1COc2cc(CC(C)NCC(O)c3cccc(OC)c3)ccc2O1. The van der Waals surface area contributed by atoms with E-state index in [1.807, 2.05) is 36.4 Å². The third-order valence-electron chi connectivity index (χ3n) is 4.81. The molecule has 0 bridgehead atoms. The minimum absolute atomic E-state index is 0.129. The van der Waals surface area contributed by atoms with E-state index in [0.29, 0.717) is 18.0 Å². The number of rotatable bonds is 8. The number of aliphatic hydroxyl groups is 1. The summed E-state index contributed by atoms with van der Waals surface area (Å²) in [6.07, 6.45) is -0.609. The number of hydrogen-bond donors (Lipinski definition) is 2. The van der Waals surface area contributed by atoms with Gasteiger partial charge < -0.3 is 29.4 Å². The number of benzene rings is 2. The van der Waals surface area contributed by atoms with Gasteiger partial charge in [0.25, 0.3) is 0 Å². The highest BCUT2D eigenvalue weighted by Gasteiger charge is 2.28. The molecule has 2 aromatic carbocycles. The second-order valence-corrected chi connectivity index (χ2v) is 7.03. The Kier molecular flexibility index (Phi) is 6.95. The number of fused-ring (bicyclic) bond motifs is 1. The Hall–Kier alpha value is -2.77. The fraction of sp³-hybridized carbons (Fsp3) is 0.409. The molecule has 3 atom stereocenters. The van der Waals surface area contributed by atoms with E-state index in [9.17, 15) is 9.90 Å². The maximum atomic E-state index is 11.6. The second kappa shape index (κ2) is 9.62. The van der Waals surface area contributed by atoms with Crippen molar-refractivity contribution in [2.45, 2.75) is 31.6 Å². The van der Waals surface area contributed by atoms with Crippen LogP contribution in [0.25, 0.3) is 0 Å². The Balaban J connectivity index is 1.53. The number of nitrogens with one attached hydrogen (secondary N) is 1. The lowest BCUT2D eigenvalue weighted by Gasteiger charge is -2.25. The summed E-state index contributed by atoms with van der Waals surface area (Å²) in [5.41, 5.74) is 1.88. The third-order valence-corrected chi connectivity index (χ3v) is 4.81. The molecule has 1 heterocycles. The van der Waals surface area contributed by atoms with Gasteiger partial charge in [-0.2, -0.15) is 0 Å². The topological polar surface area (TPSA) is 86.3 Å². The number of esters is 1. The van der Waals surface area contributed by atoms with Gasteiger partial charge in [0, 0.05) is 12.6 Å². The Bertz CT molecular complexity index is 840. The van der Waals surface area contributed by atoms with Gasteiger partial charge in [-0.15, -0.1) is 0 Å². The summed E-state index contributed by atoms with van der Waals surface area (Å²) >= 11 is 0. The molecule has 0 aromatic heterocycles. The summed E-state index contributed by atoms with van der Waals surface area (Å²) in [6.45, 7) is 2.62. The van der Waals surface area contributed by atoms with Gasteiger partial charge in [-0.1, -0.05) is 18.2 Å². The standard InChI is InChI=1S/C22H27NO6/c1-14(23-12-18(24)16-5-4-6-17(11-16)26-2)9-15-7-8-19-20(10-15)28-13-21(29-19)22(25)27-3/h4-8,10-11,14,18,21,23-24H,9,12-13H2,1-3H3. The summed E-state index contributed by atoms with van der Waals surface area (Å²) in [4.78, 5) is 11.6. The van der Waals surface area contributed by atoms with E-state index in [1.54, 1.807) is 13.2 Å². The minimum Gasteiger partial charge on any atom is -0.497 e. The Morgan fingerprint density at radius 2 is 2.07 bits per heavy atom. The molecule has 0 fully saturated rings. The van der Waals surface area contributed by atoms with E-state index in [2.05, 4.69) is 12.2 Å². The van der Waals surface area contributed by atoms with E-state index in [-0.39, 0.29) is 12.6 Å². The van der Waals surface area contributed by atoms with Crippen molar-refractivity contribution in [2.24, 2.45) is 0 Å². The summed E-state index contributed by atoms with van der Waals surface area (Å²) in [7, 11) is 2.93. The maximum Gasteiger partial charge on any atom is 0.350 e. The van der Waals surface area contributed by atoms with E-state index in [1.165, 1.54) is 7.11 Å². The first-order chi connectivity index (χ1) is 14.0. The molecule has 0 aliphatic carbocycles. The monoisotopic (exact) mass is 401 g/mol. The molecule has 2 aromatic rings. The molecule has 3 rings (SSSR count). The van der Waals surface area contributed by atoms with Gasteiger partial charge in [-0.25, -0.2) is 4.79 Å². The molecule has 0 saturated carbocycles. The Morgan fingerprint density at radius 1 is 1.24 bits per heavy atom. The van der Waals surface area contributed by atoms with Crippen LogP contribution < -0.4 is 19.5 Å². The number of ether oxygens (including phenoxy) is 4. The van der Waals surface area contributed by atoms with Gasteiger partial charge in [-0.3, -0.25) is 0 Å². The average Bonchev–Trinajstić information content (AvgIpc) is 2.76. The van der Waals surface area contributed by atoms with Gasteiger partial charge in [0.05, 0.1) is 20.3 Å². The van der Waals surface area contributed by atoms with Crippen molar-refractivity contribution in [3.05, 3.63) is 53.6 Å². The molecule has 0 radical (unpaired) electrons. The molecule has 1 aliphatic rings. The number of carbonyl (C=O) groups is 1. The fourth-order valence-electron chi connectivity index (χ4n) is 3.20. The van der Waals surface area contributed by atoms with Crippen molar-refractivity contribution < 1.29 is 28.8 Å². The van der Waals surface area contributed by atoms with Crippen molar-refractivity contribution >= 4 is 5.97 Å². The lowest BCUT2D eigenvalue weighted by atomic mass is 10.0. The van der Waals surface area contributed by atoms with Crippen LogP contribution in [-0.4, -0.2) is 50.6 Å². The van der Waals surface area contributed by atoms with E-state index in [4.69, 9.17) is 18.9 Å². The number of methoxy groups -OCH3 is 2. The van der Waals surface area contributed by atoms with Crippen LogP contribution in [0.15, 0.2) is 42.5 Å². The van der Waals surface area contributed by atoms with E-state index >= 15 is 0 Å². The minimum atomic E-state index is -0.739. The molecule has 29 heavy (non-hydrogen) atoms. The van der Waals surface area contributed by atoms with Crippen molar-refractivity contribution in [3.63, 3.8) is 0 Å². The largest absolute Gasteiger partial charge is 0.497 e. The molecule has 1 aliphatic heterocycles. The van der Waals surface area contributed by atoms with Crippen LogP contribution >= 0.6 is 0 Å². The molecular formula is C22H27NO6. The van der Waals surface area contributed by atoms with E-state index in [0.717, 1.165) is 23.3 Å². The van der Waals surface area contributed by atoms with Crippen LogP contribution in [0, 0.1) is 0 Å². The van der Waals surface area contributed by atoms with Crippen molar-refractivity contribution in [2.75, 3.05) is 27.4 Å². The van der Waals surface area contributed by atoms with Gasteiger partial charge in [0.15, 0.2) is 11.5 Å². The summed E-state index contributed by atoms with van der Waals surface area (Å²) in [6, 6.07) is 13.2. The van der Waals surface area contributed by atoms with E-state index < -0.39 is 18.2 Å². The highest BCUT2D eigenvalue weighted by Crippen LogP contribution is 2.33. The number of hydrogen-bond acceptors (Lipinski definition) is 7. The predicted octanol–water partition coefficient (Wildman–Crippen LogP) is 2.26. The lowest BCUT2D eigenvalue weighted by Crippen LogP contribution is -2.37. The molecule has 2 N–H and O–H groups in total. The first-order valence-corrected chi connectivity index (χ1v) is 9.55. The quantitative estimate of drug-likeness (QED) is 0.656. The summed E-state index contributed by atoms with van der Waals surface area (Å²) in [5.74, 6) is 1.42. The first kappa shape index (κ1) is 21.0. The highest BCUT2D eigenvalue weighted by molar-refractivity contribution is 5.75. The molecule has 0 spiro atoms. The molecular weight excluding hydrogens is 374 g/mol. The van der Waals surface area contributed by atoms with Gasteiger partial charge in [0.2, 0.25) is 6.10 Å². The van der Waals surface area contributed by atoms with Crippen LogP contribution in [0.5, 0.6) is 17.2 Å². The molecule has 7 nitrogen and oxygen atoms in total. The smallest absolute Gasteiger partial charge is 0.350 e. The van der Waals surface area contributed by atoms with Crippen LogP contribution in [0.2, 0.25) is 0 Å². The maximum absolute atomic E-state index is 11.6. The zero-order chi connectivity index (χ0) is 20.8. The van der Waals surface area contributed by atoms with Gasteiger partial charge in [-0.05, 0) is 48.7 Å². The Labute approximate surface area is 170 Å². The molecule has 7 heteroatoms. The van der Waals surface area contributed by atoms with Crippen molar-refractivity contribution in [3.8, 4) is 17.2 Å². The molecule has 0 saturated heterocycles. The van der Waals surface area contributed by atoms with Crippen LogP contribution in [0.4, 0.5) is 0 Å². The number of carbonyl (C=O) groups excluding carboxylic acids is 1. The average molecular weight is 401 g/mol. The lowest BCUT2D eigenvalue weighted by molar-refractivity contribution is -0.151. The normalized spacial score (nSPS) is 17.3. The zero-order valence-corrected chi connectivity index (χ0v) is 16.9. The molecule has 156 valence electrons. The zero-order valence-electron chi connectivity index (χ0n) is 16.9. The van der Waals surface area contributed by atoms with Crippen LogP contribution in [-0.2, 0) is 16.0 Å². The van der Waals surface area contributed by atoms with Crippen molar-refractivity contribution in [1.82, 2.24) is 5.32 Å². The predicted molar refractivity (Wildman–Crippen MR) is 107 cm³/mol. The third kappa shape index (κ3) is 5.40. The second-order valence-electron chi connectivity index (χ2n) is 7.03. The fourth-order valence-corrected chi connectivity index (χ4v) is 3.20. The first-order valence-electron chi connectivity index (χ1n) is 9.55. The van der Waals surface area contributed by atoms with Crippen LogP contribution in [0.3, 0.4) is 0 Å². The van der Waals surface area contributed by atoms with Crippen molar-refractivity contribution in [1.29, 1.82) is 0 Å². The number of aliphatic hydroxyl groups excluding tert-OH is 1. The summed E-state index contributed by atoms with van der Waals surface area (Å²) < 4.78 is 21.2. The van der Waals surface area contributed by atoms with Gasteiger partial charge in [0.1, 0.15) is 12.4 Å². The van der Waals surface area contributed by atoms with Crippen LogP contribution in [0.1, 0.15) is 24.2 Å². The Morgan fingerprint density at radius 3 is 2.83 bits per heavy atom.